The summed E-state index contributed by atoms with van der Waals surface area (Å²) < 4.78 is 21.8. The second-order valence-electron chi connectivity index (χ2n) is 8.19. The molecule has 1 N–H and O–H groups in total. The monoisotopic (exact) mass is 676 g/mol. The Morgan fingerprint density at radius 2 is 2.05 bits per heavy atom. The van der Waals surface area contributed by atoms with E-state index in [2.05, 4.69) is 60.8 Å². The minimum Gasteiger partial charge on any atom is -0.483 e. The maximum Gasteiger partial charge on any atom is 0.282 e. The van der Waals surface area contributed by atoms with Crippen molar-refractivity contribution in [2.45, 2.75) is 26.2 Å². The van der Waals surface area contributed by atoms with Gasteiger partial charge in [-0.15, -0.1) is 0 Å². The number of nitrogens with one attached hydrogen (secondary N) is 1. The van der Waals surface area contributed by atoms with Crippen molar-refractivity contribution >= 4 is 67.2 Å². The summed E-state index contributed by atoms with van der Waals surface area (Å²) in [4.78, 5) is 30.1. The first-order valence-corrected chi connectivity index (χ1v) is 13.4. The van der Waals surface area contributed by atoms with E-state index in [1.807, 2.05) is 18.2 Å². The van der Waals surface area contributed by atoms with E-state index in [0.717, 1.165) is 26.4 Å². The first-order valence-electron chi connectivity index (χ1n) is 11.6. The van der Waals surface area contributed by atoms with Gasteiger partial charge in [-0.2, -0.15) is 9.78 Å². The van der Waals surface area contributed by atoms with E-state index in [-0.39, 0.29) is 12.2 Å². The van der Waals surface area contributed by atoms with Gasteiger partial charge in [0.2, 0.25) is 0 Å². The highest BCUT2D eigenvalue weighted by Gasteiger charge is 2.11. The van der Waals surface area contributed by atoms with Crippen LogP contribution < -0.4 is 15.6 Å². The molecule has 0 aliphatic heterocycles. The predicted octanol–water partition coefficient (Wildman–Crippen LogP) is 6.15. The summed E-state index contributed by atoms with van der Waals surface area (Å²) in [5.74, 6) is 0.293. The zero-order chi connectivity index (χ0) is 26.4. The number of hydrogen-bond donors (Lipinski definition) is 1. The number of carbonyl (C=O) groups is 1. The van der Waals surface area contributed by atoms with Crippen LogP contribution in [0.4, 0.5) is 10.1 Å². The van der Waals surface area contributed by atoms with E-state index < -0.39 is 11.7 Å². The number of fused-ring (bicyclic) bond motifs is 1. The first kappa shape index (κ1) is 26.9. The van der Waals surface area contributed by atoms with E-state index in [1.54, 1.807) is 30.5 Å². The molecule has 0 saturated carbocycles. The Bertz CT molecular complexity index is 1540. The molecule has 0 spiro atoms. The van der Waals surface area contributed by atoms with Gasteiger partial charge >= 0.3 is 0 Å². The molecular weight excluding hydrogens is 654 g/mol. The number of ether oxygens (including phenoxy) is 1. The number of aromatic nitrogens is 2. The molecule has 0 aliphatic rings. The Labute approximate surface area is 235 Å². The van der Waals surface area contributed by atoms with E-state index in [9.17, 15) is 14.0 Å². The van der Waals surface area contributed by atoms with Crippen molar-refractivity contribution in [2.24, 2.45) is 5.10 Å². The fourth-order valence-corrected chi connectivity index (χ4v) is 4.61. The molecule has 1 heterocycles. The summed E-state index contributed by atoms with van der Waals surface area (Å²) in [6.45, 7) is 1.86. The van der Waals surface area contributed by atoms with E-state index in [0.29, 0.717) is 34.6 Å². The van der Waals surface area contributed by atoms with Crippen molar-refractivity contribution in [1.82, 2.24) is 9.66 Å². The zero-order valence-corrected chi connectivity index (χ0v) is 23.6. The average molecular weight is 677 g/mol. The molecule has 0 saturated heterocycles. The molecule has 0 radical (unpaired) electrons. The molecule has 0 bridgehead atoms. The van der Waals surface area contributed by atoms with Gasteiger partial charge in [0.1, 0.15) is 17.4 Å². The van der Waals surface area contributed by atoms with Crippen LogP contribution in [0.2, 0.25) is 0 Å². The molecule has 0 atom stereocenters. The number of nitrogens with zero attached hydrogens (tertiary/aromatic N) is 3. The van der Waals surface area contributed by atoms with Crippen molar-refractivity contribution in [3.05, 3.63) is 96.3 Å². The Hall–Kier alpha value is -3.12. The number of halogens is 3. The van der Waals surface area contributed by atoms with Crippen molar-refractivity contribution in [2.75, 3.05) is 11.9 Å². The molecule has 4 aromatic rings. The van der Waals surface area contributed by atoms with Gasteiger partial charge in [-0.05, 0) is 89.2 Å². The van der Waals surface area contributed by atoms with Gasteiger partial charge in [-0.3, -0.25) is 9.59 Å². The molecule has 37 heavy (non-hydrogen) atoms. The third-order valence-electron chi connectivity index (χ3n) is 5.37. The quantitative estimate of drug-likeness (QED) is 0.170. The second kappa shape index (κ2) is 12.4. The van der Waals surface area contributed by atoms with Crippen LogP contribution in [0.25, 0.3) is 10.9 Å². The third-order valence-corrected chi connectivity index (χ3v) is 6.71. The number of benzene rings is 3. The Morgan fingerprint density at radius 1 is 1.22 bits per heavy atom. The van der Waals surface area contributed by atoms with Crippen molar-refractivity contribution in [3.63, 3.8) is 0 Å². The fraction of sp³-hybridized carbons (Fsp3) is 0.185. The largest absolute Gasteiger partial charge is 0.483 e. The third kappa shape index (κ3) is 7.01. The minimum atomic E-state index is -0.433. The smallest absolute Gasteiger partial charge is 0.282 e. The zero-order valence-electron chi connectivity index (χ0n) is 19.9. The molecule has 7 nitrogen and oxygen atoms in total. The summed E-state index contributed by atoms with van der Waals surface area (Å²) in [6, 6.07) is 16.4. The highest BCUT2D eigenvalue weighted by molar-refractivity contribution is 14.1. The van der Waals surface area contributed by atoms with Crippen LogP contribution in [-0.2, 0) is 11.2 Å². The summed E-state index contributed by atoms with van der Waals surface area (Å²) in [5.41, 5.74) is 1.53. The van der Waals surface area contributed by atoms with Crippen LogP contribution in [0, 0.1) is 9.39 Å². The number of amides is 1. The molecule has 190 valence electrons. The molecule has 4 rings (SSSR count). The number of hydrogen-bond acceptors (Lipinski definition) is 5. The predicted molar refractivity (Wildman–Crippen MR) is 155 cm³/mol. The Balaban J connectivity index is 1.50. The van der Waals surface area contributed by atoms with Gasteiger partial charge in [0, 0.05) is 16.6 Å². The molecular formula is C27H23BrFIN4O3. The maximum absolute atomic E-state index is 13.3. The number of rotatable bonds is 9. The van der Waals surface area contributed by atoms with E-state index >= 15 is 0 Å². The van der Waals surface area contributed by atoms with Crippen LogP contribution in [0.5, 0.6) is 5.75 Å². The maximum atomic E-state index is 13.3. The Morgan fingerprint density at radius 3 is 2.81 bits per heavy atom. The SMILES string of the molecule is CCCCc1nc2ccc(Br)cc2c(=O)n1N=Cc1ccc(OCC(=O)Nc2cccc(F)c2)c(I)c1. The lowest BCUT2D eigenvalue weighted by atomic mass is 10.2. The Kier molecular flexibility index (Phi) is 9.04. The van der Waals surface area contributed by atoms with E-state index in [4.69, 9.17) is 4.74 Å². The van der Waals surface area contributed by atoms with Gasteiger partial charge in [0.05, 0.1) is 20.7 Å². The van der Waals surface area contributed by atoms with Gasteiger partial charge in [0.15, 0.2) is 6.61 Å². The highest BCUT2D eigenvalue weighted by atomic mass is 127. The topological polar surface area (TPSA) is 85.6 Å². The van der Waals surface area contributed by atoms with E-state index in [1.165, 1.54) is 22.9 Å². The number of unbranched alkanes of at least 4 members (excludes halogenated alkanes) is 1. The second-order valence-corrected chi connectivity index (χ2v) is 10.3. The summed E-state index contributed by atoms with van der Waals surface area (Å²) in [5, 5.41) is 7.55. The van der Waals surface area contributed by atoms with Crippen molar-refractivity contribution in [3.8, 4) is 5.75 Å². The van der Waals surface area contributed by atoms with Crippen LogP contribution in [0.3, 0.4) is 0 Å². The van der Waals surface area contributed by atoms with Gasteiger partial charge in [-0.25, -0.2) is 9.37 Å². The normalized spacial score (nSPS) is 11.2. The number of carbonyl (C=O) groups excluding carboxylic acids is 1. The fourth-order valence-electron chi connectivity index (χ4n) is 3.56. The number of aryl methyl sites for hydroxylation is 1. The molecule has 1 amide bonds. The summed E-state index contributed by atoms with van der Waals surface area (Å²) in [7, 11) is 0. The standard InChI is InChI=1S/C27H23BrFIN4O3/c1-2-3-7-25-33-23-10-9-18(28)13-21(23)27(36)34(25)31-15-17-8-11-24(22(30)12-17)37-16-26(35)32-20-6-4-5-19(29)14-20/h4-6,8-15H,2-3,7,16H2,1H3,(H,32,35). The van der Waals surface area contributed by atoms with Crippen LogP contribution in [0.15, 0.2) is 75.0 Å². The molecule has 0 unspecified atom stereocenters. The van der Waals surface area contributed by atoms with Crippen molar-refractivity contribution in [1.29, 1.82) is 0 Å². The van der Waals surface area contributed by atoms with Crippen molar-refractivity contribution < 1.29 is 13.9 Å². The van der Waals surface area contributed by atoms with Gasteiger partial charge in [0.25, 0.3) is 11.5 Å². The highest BCUT2D eigenvalue weighted by Crippen LogP contribution is 2.22. The van der Waals surface area contributed by atoms with Crippen LogP contribution in [0.1, 0.15) is 31.2 Å². The summed E-state index contributed by atoms with van der Waals surface area (Å²) in [6.07, 6.45) is 4.10. The number of anilines is 1. The molecule has 0 fully saturated rings. The first-order chi connectivity index (χ1) is 17.8. The molecule has 0 aliphatic carbocycles. The molecule has 1 aromatic heterocycles. The molecule has 10 heteroatoms. The van der Waals surface area contributed by atoms with Crippen LogP contribution >= 0.6 is 38.5 Å². The lowest BCUT2D eigenvalue weighted by molar-refractivity contribution is -0.118. The lowest BCUT2D eigenvalue weighted by Gasteiger charge is -2.10. The molecule has 3 aromatic carbocycles. The lowest BCUT2D eigenvalue weighted by Crippen LogP contribution is -2.22. The van der Waals surface area contributed by atoms with Gasteiger partial charge < -0.3 is 10.1 Å². The van der Waals surface area contributed by atoms with Gasteiger partial charge in [-0.1, -0.05) is 35.3 Å². The van der Waals surface area contributed by atoms with Crippen LogP contribution in [-0.4, -0.2) is 28.4 Å². The average Bonchev–Trinajstić information content (AvgIpc) is 2.87. The minimum absolute atomic E-state index is 0.228. The summed E-state index contributed by atoms with van der Waals surface area (Å²) >= 11 is 5.52.